The summed E-state index contributed by atoms with van der Waals surface area (Å²) in [5, 5.41) is 5.83. The molecule has 4 rings (SSSR count). The van der Waals surface area contributed by atoms with Crippen LogP contribution in [0.25, 0.3) is 0 Å². The first-order valence-corrected chi connectivity index (χ1v) is 13.8. The monoisotopic (exact) mass is 546 g/mol. The summed E-state index contributed by atoms with van der Waals surface area (Å²) >= 11 is 0. The Labute approximate surface area is 233 Å². The quantitative estimate of drug-likeness (QED) is 0.310. The van der Waals surface area contributed by atoms with E-state index in [9.17, 15) is 18.8 Å². The summed E-state index contributed by atoms with van der Waals surface area (Å²) in [5.74, 6) is -0.509. The third-order valence-corrected chi connectivity index (χ3v) is 6.81. The predicted octanol–water partition coefficient (Wildman–Crippen LogP) is 5.56. The number of amides is 3. The number of anilines is 2. The molecule has 0 spiro atoms. The lowest BCUT2D eigenvalue weighted by molar-refractivity contribution is -0.127. The molecular formula is C31H35FN4O4. The zero-order chi connectivity index (χ0) is 28.3. The first-order valence-electron chi connectivity index (χ1n) is 13.8. The van der Waals surface area contributed by atoms with Crippen molar-refractivity contribution in [1.29, 1.82) is 0 Å². The number of carbonyl (C=O) groups excluding carboxylic acids is 3. The van der Waals surface area contributed by atoms with E-state index in [1.807, 2.05) is 6.92 Å². The first-order chi connectivity index (χ1) is 19.5. The van der Waals surface area contributed by atoms with Crippen LogP contribution in [0.3, 0.4) is 0 Å². The Kier molecular flexibility index (Phi) is 10.2. The van der Waals surface area contributed by atoms with Gasteiger partial charge in [0.2, 0.25) is 17.7 Å². The van der Waals surface area contributed by atoms with Crippen molar-refractivity contribution in [2.24, 2.45) is 0 Å². The van der Waals surface area contributed by atoms with Gasteiger partial charge in [0.25, 0.3) is 0 Å². The topological polar surface area (TPSA) is 101 Å². The van der Waals surface area contributed by atoms with Crippen LogP contribution < -0.4 is 20.3 Å². The number of nitrogens with zero attached hydrogens (tertiary/aromatic N) is 2. The van der Waals surface area contributed by atoms with Crippen LogP contribution in [0.15, 0.2) is 72.9 Å². The summed E-state index contributed by atoms with van der Waals surface area (Å²) in [4.78, 5) is 45.8. The molecule has 2 N–H and O–H groups in total. The number of aromatic nitrogens is 1. The molecule has 8 nitrogen and oxygen atoms in total. The lowest BCUT2D eigenvalue weighted by Crippen LogP contribution is -2.46. The molecule has 3 aromatic rings. The Hall–Kier alpha value is -4.27. The maximum Gasteiger partial charge on any atom is 0.248 e. The lowest BCUT2D eigenvalue weighted by atomic mass is 10.0. The van der Waals surface area contributed by atoms with Crippen molar-refractivity contribution in [3.8, 4) is 5.75 Å². The van der Waals surface area contributed by atoms with E-state index in [1.54, 1.807) is 48.7 Å². The number of hydrogen-bond acceptors (Lipinski definition) is 5. The van der Waals surface area contributed by atoms with Gasteiger partial charge in [-0.25, -0.2) is 9.37 Å². The Morgan fingerprint density at radius 1 is 1.00 bits per heavy atom. The number of rotatable bonds is 12. The van der Waals surface area contributed by atoms with E-state index in [1.165, 1.54) is 29.2 Å². The number of carbonyl (C=O) groups is 3. The van der Waals surface area contributed by atoms with Gasteiger partial charge in [-0.05, 0) is 68.1 Å². The number of ether oxygens (including phenoxy) is 1. The first kappa shape index (κ1) is 28.7. The van der Waals surface area contributed by atoms with Crippen LogP contribution in [0.1, 0.15) is 63.5 Å². The van der Waals surface area contributed by atoms with Crippen molar-refractivity contribution in [1.82, 2.24) is 10.3 Å². The van der Waals surface area contributed by atoms with E-state index < -0.39 is 11.9 Å². The summed E-state index contributed by atoms with van der Waals surface area (Å²) in [6.45, 7) is 2.20. The summed E-state index contributed by atoms with van der Waals surface area (Å²) in [6, 6.07) is 16.8. The molecule has 1 fully saturated rings. The van der Waals surface area contributed by atoms with Crippen LogP contribution in [-0.2, 0) is 14.4 Å². The number of pyridine rings is 1. The van der Waals surface area contributed by atoms with Gasteiger partial charge in [0.15, 0.2) is 0 Å². The Morgan fingerprint density at radius 2 is 1.73 bits per heavy atom. The molecule has 0 saturated heterocycles. The molecule has 0 aliphatic heterocycles. The molecule has 3 amide bonds. The Bertz CT molecular complexity index is 1280. The number of hydrogen-bond donors (Lipinski definition) is 2. The van der Waals surface area contributed by atoms with Gasteiger partial charge in [-0.3, -0.25) is 19.3 Å². The van der Waals surface area contributed by atoms with Crippen LogP contribution in [0.5, 0.6) is 5.75 Å². The van der Waals surface area contributed by atoms with Crippen LogP contribution in [0, 0.1) is 5.82 Å². The van der Waals surface area contributed by atoms with Crippen LogP contribution in [0.4, 0.5) is 15.9 Å². The molecule has 1 saturated carbocycles. The van der Waals surface area contributed by atoms with E-state index >= 15 is 0 Å². The van der Waals surface area contributed by atoms with Crippen molar-refractivity contribution in [3.05, 3.63) is 84.3 Å². The Morgan fingerprint density at radius 3 is 2.42 bits per heavy atom. The van der Waals surface area contributed by atoms with E-state index in [-0.39, 0.29) is 43.0 Å². The number of halogens is 1. The zero-order valence-corrected chi connectivity index (χ0v) is 22.6. The molecule has 9 heteroatoms. The van der Waals surface area contributed by atoms with Crippen LogP contribution in [-0.4, -0.2) is 35.4 Å². The molecule has 1 aliphatic rings. The summed E-state index contributed by atoms with van der Waals surface area (Å²) in [5.41, 5.74) is 0.910. The molecule has 0 unspecified atom stereocenters. The average Bonchev–Trinajstić information content (AvgIpc) is 3.46. The molecule has 1 heterocycles. The van der Waals surface area contributed by atoms with Crippen LogP contribution >= 0.6 is 0 Å². The second kappa shape index (κ2) is 14.2. The van der Waals surface area contributed by atoms with E-state index in [2.05, 4.69) is 15.6 Å². The molecule has 210 valence electrons. The second-order valence-corrected chi connectivity index (χ2v) is 9.73. The highest BCUT2D eigenvalue weighted by Gasteiger charge is 2.35. The molecule has 1 aliphatic carbocycles. The van der Waals surface area contributed by atoms with Crippen molar-refractivity contribution in [2.75, 3.05) is 16.8 Å². The van der Waals surface area contributed by atoms with E-state index in [0.717, 1.165) is 25.7 Å². The minimum Gasteiger partial charge on any atom is -0.492 e. The molecule has 40 heavy (non-hydrogen) atoms. The highest BCUT2D eigenvalue weighted by Crippen LogP contribution is 2.36. The molecule has 2 aromatic carbocycles. The van der Waals surface area contributed by atoms with E-state index in [0.29, 0.717) is 29.4 Å². The normalized spacial score (nSPS) is 13.8. The molecular weight excluding hydrogens is 511 g/mol. The maximum atomic E-state index is 13.9. The number of nitrogens with one attached hydrogen (secondary N) is 2. The second-order valence-electron chi connectivity index (χ2n) is 9.73. The fourth-order valence-corrected chi connectivity index (χ4v) is 4.93. The minimum absolute atomic E-state index is 0.00447. The molecule has 1 aromatic heterocycles. The van der Waals surface area contributed by atoms with Gasteiger partial charge in [-0.1, -0.05) is 43.2 Å². The average molecular weight is 547 g/mol. The molecule has 0 bridgehead atoms. The highest BCUT2D eigenvalue weighted by atomic mass is 19.1. The smallest absolute Gasteiger partial charge is 0.248 e. The van der Waals surface area contributed by atoms with Gasteiger partial charge >= 0.3 is 0 Å². The zero-order valence-electron chi connectivity index (χ0n) is 22.6. The van der Waals surface area contributed by atoms with Gasteiger partial charge in [0, 0.05) is 25.1 Å². The summed E-state index contributed by atoms with van der Waals surface area (Å²) in [7, 11) is 0. The van der Waals surface area contributed by atoms with Gasteiger partial charge in [-0.2, -0.15) is 0 Å². The fraction of sp³-hybridized carbons (Fsp3) is 0.355. The van der Waals surface area contributed by atoms with Crippen molar-refractivity contribution in [2.45, 2.75) is 64.0 Å². The minimum atomic E-state index is -1.06. The van der Waals surface area contributed by atoms with Gasteiger partial charge < -0.3 is 15.4 Å². The highest BCUT2D eigenvalue weighted by molar-refractivity contribution is 6.02. The van der Waals surface area contributed by atoms with Crippen LogP contribution in [0.2, 0.25) is 0 Å². The van der Waals surface area contributed by atoms with Crippen molar-refractivity contribution >= 4 is 29.2 Å². The van der Waals surface area contributed by atoms with Crippen molar-refractivity contribution in [3.63, 3.8) is 0 Å². The number of para-hydroxylation sites is 2. The summed E-state index contributed by atoms with van der Waals surface area (Å²) in [6.07, 6.45) is 5.74. The van der Waals surface area contributed by atoms with E-state index in [4.69, 9.17) is 4.74 Å². The van der Waals surface area contributed by atoms with Gasteiger partial charge in [0.05, 0.1) is 12.3 Å². The largest absolute Gasteiger partial charge is 0.492 e. The standard InChI is InChI=1S/C31H35FN4O4/c1-2-40-26-13-6-5-12-25(26)36(29(38)16-9-15-28(37)35-27-14-7-8-21-33-27)30(22-17-19-23(32)20-18-22)31(39)34-24-10-3-4-11-24/h5-8,12-14,17-21,24,30H,2-4,9-11,15-16H2,1H3,(H,34,39)(H,33,35,37)/t30-/m0/s1. The maximum absolute atomic E-state index is 13.9. The molecule has 0 radical (unpaired) electrons. The molecule has 1 atom stereocenters. The number of benzene rings is 2. The SMILES string of the molecule is CCOc1ccccc1N(C(=O)CCCC(=O)Nc1ccccn1)[C@H](C(=O)NC1CCCC1)c1ccc(F)cc1. The third kappa shape index (κ3) is 7.65. The summed E-state index contributed by atoms with van der Waals surface area (Å²) < 4.78 is 19.7. The predicted molar refractivity (Wildman–Crippen MR) is 151 cm³/mol. The Balaban J connectivity index is 1.62. The van der Waals surface area contributed by atoms with Crippen molar-refractivity contribution < 1.29 is 23.5 Å². The van der Waals surface area contributed by atoms with Gasteiger partial charge in [-0.15, -0.1) is 0 Å². The fourth-order valence-electron chi connectivity index (χ4n) is 4.93. The van der Waals surface area contributed by atoms with Gasteiger partial charge in [0.1, 0.15) is 23.4 Å². The third-order valence-electron chi connectivity index (χ3n) is 6.81. The lowest BCUT2D eigenvalue weighted by Gasteiger charge is -2.33.